The Labute approximate surface area is 267 Å². The third-order valence-corrected chi connectivity index (χ3v) is 10.0. The Balaban J connectivity index is 1.33. The lowest BCUT2D eigenvalue weighted by atomic mass is 9.91. The van der Waals surface area contributed by atoms with Crippen LogP contribution in [0.5, 0.6) is 0 Å². The van der Waals surface area contributed by atoms with E-state index in [1.54, 1.807) is 0 Å². The maximum absolute atomic E-state index is 14.1. The van der Waals surface area contributed by atoms with Gasteiger partial charge in [-0.15, -0.1) is 0 Å². The van der Waals surface area contributed by atoms with E-state index in [9.17, 15) is 10.0 Å². The van der Waals surface area contributed by atoms with Gasteiger partial charge in [-0.05, 0) is 106 Å². The predicted molar refractivity (Wildman–Crippen MR) is 180 cm³/mol. The van der Waals surface area contributed by atoms with E-state index in [1.165, 1.54) is 17.6 Å². The fourth-order valence-corrected chi connectivity index (χ4v) is 7.44. The minimum Gasteiger partial charge on any atom is -0.758 e. The van der Waals surface area contributed by atoms with E-state index in [4.69, 9.17) is 14.5 Å². The van der Waals surface area contributed by atoms with Gasteiger partial charge in [0.05, 0.1) is 19.8 Å². The molecule has 0 bridgehead atoms. The highest BCUT2D eigenvalue weighted by Gasteiger charge is 2.27. The monoisotopic (exact) mass is 614 g/mol. The summed E-state index contributed by atoms with van der Waals surface area (Å²) in [6, 6.07) is 8.72. The Morgan fingerprint density at radius 1 is 1.00 bits per heavy atom. The van der Waals surface area contributed by atoms with Crippen LogP contribution in [0.15, 0.2) is 52.9 Å². The zero-order valence-corrected chi connectivity index (χ0v) is 27.2. The van der Waals surface area contributed by atoms with Gasteiger partial charge in [0, 0.05) is 74.1 Å². The van der Waals surface area contributed by atoms with Crippen molar-refractivity contribution in [2.75, 3.05) is 69.0 Å². The van der Waals surface area contributed by atoms with E-state index in [0.717, 1.165) is 116 Å². The molecule has 0 atom stereocenters. The van der Waals surface area contributed by atoms with Gasteiger partial charge in [0.1, 0.15) is 5.82 Å². The number of amides is 1. The molecule has 0 radical (unpaired) electrons. The molecule has 4 heterocycles. The summed E-state index contributed by atoms with van der Waals surface area (Å²) in [6.07, 6.45) is 9.18. The average Bonchev–Trinajstić information content (AvgIpc) is 3.33. The predicted octanol–water partition coefficient (Wildman–Crippen LogP) is 5.98. The van der Waals surface area contributed by atoms with Gasteiger partial charge in [-0.2, -0.15) is 0 Å². The zero-order chi connectivity index (χ0) is 31.3. The van der Waals surface area contributed by atoms with Crippen LogP contribution in [0, 0.1) is 12.1 Å². The number of carbonyl (C=O) groups excluding carboxylic acids is 1. The Kier molecular flexibility index (Phi) is 10.1. The molecule has 9 nitrogen and oxygen atoms in total. The lowest BCUT2D eigenvalue weighted by molar-refractivity contribution is 0.0846. The molecular weight excluding hydrogens is 566 g/mol. The molecule has 1 aromatic heterocycles. The number of allylic oxidation sites excluding steroid dienone is 2. The van der Waals surface area contributed by atoms with Crippen molar-refractivity contribution in [3.63, 3.8) is 0 Å². The first kappa shape index (κ1) is 31.6. The highest BCUT2D eigenvalue weighted by Crippen LogP contribution is 2.37. The number of benzene rings is 1. The number of hydrogen-bond donors (Lipinski definition) is 1. The molecule has 45 heavy (non-hydrogen) atoms. The Morgan fingerprint density at radius 2 is 1.73 bits per heavy atom. The molecule has 4 aliphatic rings. The Hall–Kier alpha value is -3.40. The second-order valence-corrected chi connectivity index (χ2v) is 12.8. The number of aromatic nitrogens is 1. The maximum Gasteiger partial charge on any atom is 0.251 e. The van der Waals surface area contributed by atoms with Gasteiger partial charge < -0.3 is 34.9 Å². The lowest BCUT2D eigenvalue weighted by Gasteiger charge is -2.40. The maximum atomic E-state index is 14.1. The van der Waals surface area contributed by atoms with Gasteiger partial charge >= 0.3 is 0 Å². The van der Waals surface area contributed by atoms with Crippen LogP contribution in [0.25, 0.3) is 11.1 Å². The number of nitrogens with zero attached hydrogens (tertiary/aromatic N) is 4. The van der Waals surface area contributed by atoms with Gasteiger partial charge in [0.2, 0.25) is 0 Å². The first-order valence-corrected chi connectivity index (χ1v) is 16.9. The standard InChI is InChI=1S/C36H48N5O4/c1-4-40(29-12-16-44-17-13-29)33-21-28(27-10-11-35(37-22-27)39-14-18-45-19-15-39)20-32(26(33)3)36(42)38-23-34-31-9-7-5-6-8-30(31)25(2)24-41(34)43/h10-11,20-22,29H,4-9,12-19,23-24H2,1-3H3,(H,38,42)/q-1. The molecule has 0 unspecified atom stereocenters. The first-order valence-electron chi connectivity index (χ1n) is 16.9. The number of carbonyl (C=O) groups is 1. The van der Waals surface area contributed by atoms with E-state index in [2.05, 4.69) is 47.2 Å². The second-order valence-electron chi connectivity index (χ2n) is 12.8. The van der Waals surface area contributed by atoms with Crippen LogP contribution >= 0.6 is 0 Å². The van der Waals surface area contributed by atoms with E-state index in [0.29, 0.717) is 31.4 Å². The molecule has 1 saturated carbocycles. The van der Waals surface area contributed by atoms with Crippen LogP contribution in [0.2, 0.25) is 0 Å². The molecule has 1 N–H and O–H groups in total. The van der Waals surface area contributed by atoms with Crippen molar-refractivity contribution in [1.29, 1.82) is 0 Å². The fourth-order valence-electron chi connectivity index (χ4n) is 7.44. The van der Waals surface area contributed by atoms with Crippen molar-refractivity contribution < 1.29 is 14.3 Å². The molecule has 3 aliphatic heterocycles. The van der Waals surface area contributed by atoms with Crippen LogP contribution in [0.3, 0.4) is 0 Å². The van der Waals surface area contributed by atoms with Crippen molar-refractivity contribution in [3.8, 4) is 11.1 Å². The minimum absolute atomic E-state index is 0.153. The van der Waals surface area contributed by atoms with Crippen LogP contribution in [0.4, 0.5) is 11.5 Å². The summed E-state index contributed by atoms with van der Waals surface area (Å²) in [7, 11) is 0. The van der Waals surface area contributed by atoms with Crippen LogP contribution in [-0.4, -0.2) is 81.1 Å². The summed E-state index contributed by atoms with van der Waals surface area (Å²) >= 11 is 0. The number of hydroxylamine groups is 2. The normalized spacial score (nSPS) is 19.8. The summed E-state index contributed by atoms with van der Waals surface area (Å²) in [6.45, 7) is 12.3. The van der Waals surface area contributed by atoms with E-state index in [-0.39, 0.29) is 12.5 Å². The summed E-state index contributed by atoms with van der Waals surface area (Å²) < 4.78 is 11.2. The summed E-state index contributed by atoms with van der Waals surface area (Å²) in [5, 5.41) is 17.4. The number of ether oxygens (including phenoxy) is 2. The number of anilines is 2. The van der Waals surface area contributed by atoms with Crippen LogP contribution < -0.4 is 15.1 Å². The smallest absolute Gasteiger partial charge is 0.251 e. The molecule has 9 heteroatoms. The molecule has 2 aromatic rings. The average molecular weight is 615 g/mol. The highest BCUT2D eigenvalue weighted by molar-refractivity contribution is 5.99. The number of morpholine rings is 1. The summed E-state index contributed by atoms with van der Waals surface area (Å²) in [4.78, 5) is 23.5. The molecule has 242 valence electrons. The molecule has 3 fully saturated rings. The zero-order valence-electron chi connectivity index (χ0n) is 27.2. The summed E-state index contributed by atoms with van der Waals surface area (Å²) in [5.74, 6) is 0.788. The highest BCUT2D eigenvalue weighted by atomic mass is 16.5. The van der Waals surface area contributed by atoms with E-state index >= 15 is 0 Å². The molecule has 6 rings (SSSR count). The third kappa shape index (κ3) is 6.90. The number of hydrogen-bond acceptors (Lipinski definition) is 8. The lowest BCUT2D eigenvalue weighted by Crippen LogP contribution is -2.40. The number of nitrogens with one attached hydrogen (secondary N) is 1. The third-order valence-electron chi connectivity index (χ3n) is 10.0. The SMILES string of the molecule is CCN(c1cc(-c2ccc(N3CCOCC3)nc2)cc(C(=O)NCC2=C3CCCCCC3=C(C)CN2[O-])c1C)C1CCOCC1. The Bertz CT molecular complexity index is 1420. The minimum atomic E-state index is -0.153. The molecule has 1 aliphatic carbocycles. The van der Waals surface area contributed by atoms with Crippen molar-refractivity contribution in [2.24, 2.45) is 0 Å². The number of fused-ring (bicyclic) bond motifs is 1. The molecule has 1 aromatic carbocycles. The summed E-state index contributed by atoms with van der Waals surface area (Å²) in [5.41, 5.74) is 8.98. The van der Waals surface area contributed by atoms with Crippen molar-refractivity contribution >= 4 is 17.4 Å². The van der Waals surface area contributed by atoms with Crippen molar-refractivity contribution in [2.45, 2.75) is 71.8 Å². The number of rotatable bonds is 8. The van der Waals surface area contributed by atoms with Gasteiger partial charge in [0.25, 0.3) is 5.91 Å². The Morgan fingerprint density at radius 3 is 2.44 bits per heavy atom. The van der Waals surface area contributed by atoms with Crippen molar-refractivity contribution in [3.05, 3.63) is 69.2 Å². The topological polar surface area (TPSA) is 93.2 Å². The van der Waals surface area contributed by atoms with Gasteiger partial charge in [-0.25, -0.2) is 4.98 Å². The molecule has 2 saturated heterocycles. The van der Waals surface area contributed by atoms with Crippen LogP contribution in [0.1, 0.15) is 74.7 Å². The quantitative estimate of drug-likeness (QED) is 0.389. The van der Waals surface area contributed by atoms with Crippen molar-refractivity contribution in [1.82, 2.24) is 15.4 Å². The van der Waals surface area contributed by atoms with Crippen LogP contribution in [-0.2, 0) is 9.47 Å². The van der Waals surface area contributed by atoms with E-state index in [1.807, 2.05) is 19.2 Å². The first-order chi connectivity index (χ1) is 21.9. The van der Waals surface area contributed by atoms with Gasteiger partial charge in [-0.3, -0.25) is 4.79 Å². The molecule has 1 amide bonds. The van der Waals surface area contributed by atoms with Gasteiger partial charge in [0.15, 0.2) is 0 Å². The van der Waals surface area contributed by atoms with Gasteiger partial charge in [-0.1, -0.05) is 12.0 Å². The molecule has 0 spiro atoms. The largest absolute Gasteiger partial charge is 0.758 e. The number of pyridine rings is 1. The fraction of sp³-hybridized carbons (Fsp3) is 0.556. The second kappa shape index (κ2) is 14.4. The molecular formula is C36H48N5O4-. The van der Waals surface area contributed by atoms with E-state index < -0.39 is 0 Å².